The Morgan fingerprint density at radius 1 is 0.973 bits per heavy atom. The fourth-order valence-electron chi connectivity index (χ4n) is 4.19. The number of benzene rings is 3. The second kappa shape index (κ2) is 12.3. The van der Waals surface area contributed by atoms with Gasteiger partial charge in [0.15, 0.2) is 0 Å². The van der Waals surface area contributed by atoms with E-state index in [1.807, 2.05) is 38.1 Å². The Morgan fingerprint density at radius 2 is 1.65 bits per heavy atom. The molecule has 0 aliphatic carbocycles. The molecule has 2 amide bonds. The van der Waals surface area contributed by atoms with Crippen LogP contribution in [0, 0.1) is 13.8 Å². The van der Waals surface area contributed by atoms with Crippen molar-refractivity contribution in [3.63, 3.8) is 0 Å². The maximum Gasteiger partial charge on any atom is 0.264 e. The number of carbonyl (C=O) groups excluding carboxylic acids is 2. The summed E-state index contributed by atoms with van der Waals surface area (Å²) in [5.74, 6) is -0.823. The van der Waals surface area contributed by atoms with Gasteiger partial charge in [0, 0.05) is 18.6 Å². The lowest BCUT2D eigenvalue weighted by molar-refractivity contribution is -0.140. The zero-order chi connectivity index (χ0) is 27.2. The molecule has 0 saturated heterocycles. The molecule has 0 unspecified atom stereocenters. The summed E-state index contributed by atoms with van der Waals surface area (Å²) >= 11 is 6.34. The van der Waals surface area contributed by atoms with Gasteiger partial charge in [0.05, 0.1) is 10.6 Å². The molecular weight excluding hydrogens is 510 g/mol. The third kappa shape index (κ3) is 6.50. The molecule has 196 valence electrons. The number of halogens is 1. The van der Waals surface area contributed by atoms with E-state index >= 15 is 0 Å². The molecule has 0 heterocycles. The number of hydrogen-bond acceptors (Lipinski definition) is 4. The van der Waals surface area contributed by atoms with Crippen molar-refractivity contribution in [2.45, 2.75) is 44.7 Å². The van der Waals surface area contributed by atoms with Crippen LogP contribution in [0.2, 0.25) is 5.02 Å². The van der Waals surface area contributed by atoms with Crippen molar-refractivity contribution in [2.75, 3.05) is 17.9 Å². The van der Waals surface area contributed by atoms with Gasteiger partial charge in [0.25, 0.3) is 10.0 Å². The molecule has 0 radical (unpaired) electrons. The maximum absolute atomic E-state index is 13.9. The van der Waals surface area contributed by atoms with Crippen LogP contribution in [0.15, 0.2) is 77.7 Å². The highest BCUT2D eigenvalue weighted by molar-refractivity contribution is 7.92. The quantitative estimate of drug-likeness (QED) is 0.403. The first-order valence-electron chi connectivity index (χ1n) is 12.0. The standard InChI is InChI=1S/C28H32ClN3O4S/c1-5-25(28(34)30-4)31(18-22-12-9-11-20(2)17-22)27(33)19-32(26-16-10-15-24(29)21(26)3)37(35,36)23-13-7-6-8-14-23/h6-17,25H,5,18-19H2,1-4H3,(H,30,34)/t25-/m0/s1. The molecule has 0 aliphatic heterocycles. The summed E-state index contributed by atoms with van der Waals surface area (Å²) in [5.41, 5.74) is 2.68. The Hall–Kier alpha value is -3.36. The van der Waals surface area contributed by atoms with Gasteiger partial charge in [-0.2, -0.15) is 0 Å². The zero-order valence-corrected chi connectivity index (χ0v) is 23.0. The first-order valence-corrected chi connectivity index (χ1v) is 13.8. The summed E-state index contributed by atoms with van der Waals surface area (Å²) in [6, 6.07) is 19.7. The van der Waals surface area contributed by atoms with Crippen molar-refractivity contribution in [3.05, 3.63) is 94.5 Å². The minimum absolute atomic E-state index is 0.0470. The molecule has 0 aromatic heterocycles. The lowest BCUT2D eigenvalue weighted by atomic mass is 10.1. The van der Waals surface area contributed by atoms with Gasteiger partial charge in [0.1, 0.15) is 12.6 Å². The Labute approximate surface area is 224 Å². The first kappa shape index (κ1) is 28.2. The second-order valence-electron chi connectivity index (χ2n) is 8.76. The molecule has 7 nitrogen and oxygen atoms in total. The van der Waals surface area contributed by atoms with E-state index in [0.29, 0.717) is 22.7 Å². The Morgan fingerprint density at radius 3 is 2.27 bits per heavy atom. The summed E-state index contributed by atoms with van der Waals surface area (Å²) < 4.78 is 28.7. The fraction of sp³-hybridized carbons (Fsp3) is 0.286. The lowest BCUT2D eigenvalue weighted by Crippen LogP contribution is -2.51. The topological polar surface area (TPSA) is 86.8 Å². The van der Waals surface area contributed by atoms with Crippen LogP contribution in [0.4, 0.5) is 5.69 Å². The van der Waals surface area contributed by atoms with Gasteiger partial charge in [-0.25, -0.2) is 8.42 Å². The summed E-state index contributed by atoms with van der Waals surface area (Å²) in [7, 11) is -2.62. The van der Waals surface area contributed by atoms with E-state index in [-0.39, 0.29) is 17.3 Å². The molecule has 1 atom stereocenters. The van der Waals surface area contributed by atoms with Crippen LogP contribution in [0.5, 0.6) is 0 Å². The number of amides is 2. The number of likely N-dealkylation sites (N-methyl/N-ethyl adjacent to an activating group) is 1. The largest absolute Gasteiger partial charge is 0.357 e. The first-order chi connectivity index (χ1) is 17.6. The molecule has 3 aromatic rings. The summed E-state index contributed by atoms with van der Waals surface area (Å²) in [6.07, 6.45) is 0.360. The number of carbonyl (C=O) groups is 2. The third-order valence-electron chi connectivity index (χ3n) is 6.19. The van der Waals surface area contributed by atoms with E-state index in [9.17, 15) is 18.0 Å². The molecule has 0 aliphatic rings. The van der Waals surface area contributed by atoms with Gasteiger partial charge in [-0.1, -0.05) is 72.6 Å². The normalized spacial score (nSPS) is 12.0. The van der Waals surface area contributed by atoms with Gasteiger partial charge in [-0.3, -0.25) is 13.9 Å². The number of sulfonamides is 1. The van der Waals surface area contributed by atoms with Gasteiger partial charge >= 0.3 is 0 Å². The highest BCUT2D eigenvalue weighted by Gasteiger charge is 2.34. The molecule has 0 saturated carbocycles. The molecule has 9 heteroatoms. The minimum Gasteiger partial charge on any atom is -0.357 e. The third-order valence-corrected chi connectivity index (χ3v) is 8.37. The van der Waals surface area contributed by atoms with Crippen LogP contribution in [-0.2, 0) is 26.2 Å². The fourth-order valence-corrected chi connectivity index (χ4v) is 5.85. The molecule has 0 fully saturated rings. The zero-order valence-electron chi connectivity index (χ0n) is 21.4. The van der Waals surface area contributed by atoms with E-state index in [1.165, 1.54) is 24.1 Å². The summed E-state index contributed by atoms with van der Waals surface area (Å²) in [4.78, 5) is 28.2. The summed E-state index contributed by atoms with van der Waals surface area (Å²) in [5, 5.41) is 3.01. The van der Waals surface area contributed by atoms with E-state index in [1.54, 1.807) is 43.3 Å². The van der Waals surface area contributed by atoms with Gasteiger partial charge in [-0.05, 0) is 55.7 Å². The van der Waals surface area contributed by atoms with Crippen molar-refractivity contribution >= 4 is 39.1 Å². The van der Waals surface area contributed by atoms with Crippen LogP contribution in [-0.4, -0.2) is 44.8 Å². The highest BCUT2D eigenvalue weighted by atomic mass is 35.5. The van der Waals surface area contributed by atoms with Crippen molar-refractivity contribution < 1.29 is 18.0 Å². The number of anilines is 1. The molecule has 3 rings (SSSR count). The Bertz CT molecular complexity index is 1360. The minimum atomic E-state index is -4.13. The van der Waals surface area contributed by atoms with Crippen LogP contribution in [0.25, 0.3) is 0 Å². The number of nitrogens with zero attached hydrogens (tertiary/aromatic N) is 2. The maximum atomic E-state index is 13.9. The number of nitrogens with one attached hydrogen (secondary N) is 1. The van der Waals surface area contributed by atoms with E-state index in [4.69, 9.17) is 11.6 Å². The van der Waals surface area contributed by atoms with Crippen LogP contribution in [0.1, 0.15) is 30.0 Å². The predicted octanol–water partition coefficient (Wildman–Crippen LogP) is 4.71. The number of rotatable bonds is 10. The van der Waals surface area contributed by atoms with Gasteiger partial charge in [-0.15, -0.1) is 0 Å². The molecular formula is C28H32ClN3O4S. The second-order valence-corrected chi connectivity index (χ2v) is 11.0. The average Bonchev–Trinajstić information content (AvgIpc) is 2.89. The van der Waals surface area contributed by atoms with Gasteiger partial charge < -0.3 is 10.2 Å². The smallest absolute Gasteiger partial charge is 0.264 e. The van der Waals surface area contributed by atoms with Crippen molar-refractivity contribution in [1.29, 1.82) is 0 Å². The Kier molecular flexibility index (Phi) is 9.34. The summed E-state index contributed by atoms with van der Waals surface area (Å²) in [6.45, 7) is 5.12. The van der Waals surface area contributed by atoms with Crippen LogP contribution in [0.3, 0.4) is 0 Å². The number of hydrogen-bond donors (Lipinski definition) is 1. The molecule has 3 aromatic carbocycles. The molecule has 1 N–H and O–H groups in total. The highest BCUT2D eigenvalue weighted by Crippen LogP contribution is 2.31. The molecule has 0 bridgehead atoms. The monoisotopic (exact) mass is 541 g/mol. The van der Waals surface area contributed by atoms with Crippen molar-refractivity contribution in [2.24, 2.45) is 0 Å². The van der Waals surface area contributed by atoms with Crippen LogP contribution >= 0.6 is 11.6 Å². The Balaban J connectivity index is 2.10. The van der Waals surface area contributed by atoms with Crippen molar-refractivity contribution in [1.82, 2.24) is 10.2 Å². The van der Waals surface area contributed by atoms with Crippen LogP contribution < -0.4 is 9.62 Å². The predicted molar refractivity (Wildman–Crippen MR) is 147 cm³/mol. The lowest BCUT2D eigenvalue weighted by Gasteiger charge is -2.33. The molecule has 37 heavy (non-hydrogen) atoms. The van der Waals surface area contributed by atoms with Crippen molar-refractivity contribution in [3.8, 4) is 0 Å². The molecule has 0 spiro atoms. The van der Waals surface area contributed by atoms with E-state index in [0.717, 1.165) is 15.4 Å². The van der Waals surface area contributed by atoms with E-state index in [2.05, 4.69) is 5.32 Å². The van der Waals surface area contributed by atoms with E-state index < -0.39 is 28.5 Å². The SMILES string of the molecule is CC[C@@H](C(=O)NC)N(Cc1cccc(C)c1)C(=O)CN(c1cccc(Cl)c1C)S(=O)(=O)c1ccccc1. The number of aryl methyl sites for hydroxylation is 1. The average molecular weight is 542 g/mol. The van der Waals surface area contributed by atoms with Gasteiger partial charge in [0.2, 0.25) is 11.8 Å².